The lowest BCUT2D eigenvalue weighted by molar-refractivity contribution is 0.0921. The Kier molecular flexibility index (Phi) is 5.92. The fraction of sp³-hybridized carbons (Fsp3) is 0.643. The molecule has 114 valence electrons. The van der Waals surface area contributed by atoms with Gasteiger partial charge in [-0.15, -0.1) is 12.4 Å². The van der Waals surface area contributed by atoms with Crippen LogP contribution in [0.25, 0.3) is 0 Å². The van der Waals surface area contributed by atoms with Gasteiger partial charge in [-0.25, -0.2) is 0 Å². The van der Waals surface area contributed by atoms with Gasteiger partial charge in [-0.3, -0.25) is 4.79 Å². The number of hydrogen-bond donors (Lipinski definition) is 2. The molecular weight excluding hydrogens is 297 g/mol. The lowest BCUT2D eigenvalue weighted by atomic mass is 9.77. The smallest absolute Gasteiger partial charge is 0.268 e. The number of aryl methyl sites for hydroxylation is 1. The Bertz CT molecular complexity index is 471. The Balaban J connectivity index is 0.00000200. The van der Waals surface area contributed by atoms with Crippen molar-refractivity contribution in [1.29, 1.82) is 0 Å². The van der Waals surface area contributed by atoms with Gasteiger partial charge in [0.05, 0.1) is 5.02 Å². The van der Waals surface area contributed by atoms with Crippen LogP contribution in [0.3, 0.4) is 0 Å². The summed E-state index contributed by atoms with van der Waals surface area (Å²) in [5.41, 5.74) is 0.816. The zero-order valence-corrected chi connectivity index (χ0v) is 13.8. The molecule has 0 radical (unpaired) electrons. The molecule has 2 N–H and O–H groups in total. The SMILES string of the molecule is Cl.Cn1cc(Cl)cc1C(=O)NCC1NCCCC1(C)C. The van der Waals surface area contributed by atoms with Gasteiger partial charge >= 0.3 is 0 Å². The fourth-order valence-corrected chi connectivity index (χ4v) is 2.90. The standard InChI is InChI=1S/C14H22ClN3O.ClH/c1-14(2)5-4-6-16-12(14)8-17-13(19)11-7-10(15)9-18(11)3;/h7,9,12,16H,4-6,8H2,1-3H3,(H,17,19);1H. The molecule has 4 nitrogen and oxygen atoms in total. The van der Waals surface area contributed by atoms with Gasteiger partial charge in [0.1, 0.15) is 5.69 Å². The third-order valence-corrected chi connectivity index (χ3v) is 4.21. The molecule has 1 aromatic rings. The van der Waals surface area contributed by atoms with Crippen LogP contribution < -0.4 is 10.6 Å². The summed E-state index contributed by atoms with van der Waals surface area (Å²) >= 11 is 5.89. The fourth-order valence-electron chi connectivity index (χ4n) is 2.65. The summed E-state index contributed by atoms with van der Waals surface area (Å²) in [6, 6.07) is 2.01. The average molecular weight is 320 g/mol. The second-order valence-electron chi connectivity index (χ2n) is 5.96. The first-order valence-corrected chi connectivity index (χ1v) is 7.11. The Morgan fingerprint density at radius 1 is 1.60 bits per heavy atom. The van der Waals surface area contributed by atoms with Crippen molar-refractivity contribution >= 4 is 29.9 Å². The average Bonchev–Trinajstić information content (AvgIpc) is 2.66. The minimum atomic E-state index is -0.0717. The highest BCUT2D eigenvalue weighted by Gasteiger charge is 2.32. The molecule has 1 aliphatic heterocycles. The van der Waals surface area contributed by atoms with E-state index in [1.54, 1.807) is 16.8 Å². The van der Waals surface area contributed by atoms with Crippen LogP contribution >= 0.6 is 24.0 Å². The first-order chi connectivity index (χ1) is 8.90. The van der Waals surface area contributed by atoms with Gasteiger partial charge in [-0.2, -0.15) is 0 Å². The van der Waals surface area contributed by atoms with E-state index in [1.165, 1.54) is 12.8 Å². The molecule has 1 saturated heterocycles. The number of carbonyl (C=O) groups is 1. The largest absolute Gasteiger partial charge is 0.349 e. The quantitative estimate of drug-likeness (QED) is 0.899. The van der Waals surface area contributed by atoms with Gasteiger partial charge in [-0.1, -0.05) is 25.4 Å². The topological polar surface area (TPSA) is 46.1 Å². The molecule has 1 amide bonds. The van der Waals surface area contributed by atoms with Gasteiger partial charge in [0.2, 0.25) is 0 Å². The maximum atomic E-state index is 12.1. The van der Waals surface area contributed by atoms with E-state index in [9.17, 15) is 4.79 Å². The van der Waals surface area contributed by atoms with Crippen LogP contribution in [0.2, 0.25) is 5.02 Å². The molecule has 1 aromatic heterocycles. The van der Waals surface area contributed by atoms with E-state index in [0.29, 0.717) is 23.3 Å². The summed E-state index contributed by atoms with van der Waals surface area (Å²) in [5, 5.41) is 7.07. The highest BCUT2D eigenvalue weighted by atomic mass is 35.5. The normalized spacial score (nSPS) is 21.1. The van der Waals surface area contributed by atoms with E-state index in [-0.39, 0.29) is 23.7 Å². The van der Waals surface area contributed by atoms with E-state index < -0.39 is 0 Å². The van der Waals surface area contributed by atoms with Gasteiger partial charge in [0.25, 0.3) is 5.91 Å². The highest BCUT2D eigenvalue weighted by molar-refractivity contribution is 6.31. The molecule has 2 rings (SSSR count). The summed E-state index contributed by atoms with van der Waals surface area (Å²) in [5.74, 6) is -0.0717. The molecule has 0 bridgehead atoms. The second kappa shape index (κ2) is 6.83. The predicted octanol–water partition coefficient (Wildman–Crippen LogP) is 2.61. The first-order valence-electron chi connectivity index (χ1n) is 6.73. The molecule has 20 heavy (non-hydrogen) atoms. The Labute approximate surface area is 131 Å². The molecule has 0 aromatic carbocycles. The van der Waals surface area contributed by atoms with Gasteiger partial charge in [0.15, 0.2) is 0 Å². The molecule has 0 aliphatic carbocycles. The van der Waals surface area contributed by atoms with E-state index in [4.69, 9.17) is 11.6 Å². The second-order valence-corrected chi connectivity index (χ2v) is 6.40. The number of carbonyl (C=O) groups excluding carboxylic acids is 1. The number of hydrogen-bond acceptors (Lipinski definition) is 2. The minimum Gasteiger partial charge on any atom is -0.349 e. The van der Waals surface area contributed by atoms with Crippen LogP contribution in [0.4, 0.5) is 0 Å². The van der Waals surface area contributed by atoms with Crippen LogP contribution in [0.1, 0.15) is 37.2 Å². The van der Waals surface area contributed by atoms with E-state index in [0.717, 1.165) is 6.54 Å². The molecule has 0 spiro atoms. The Morgan fingerprint density at radius 3 is 2.85 bits per heavy atom. The molecular formula is C14H23Cl2N3O. The van der Waals surface area contributed by atoms with Crippen LogP contribution in [-0.4, -0.2) is 29.6 Å². The van der Waals surface area contributed by atoms with E-state index >= 15 is 0 Å². The molecule has 1 unspecified atom stereocenters. The van der Waals surface area contributed by atoms with Crippen LogP contribution in [0.15, 0.2) is 12.3 Å². The molecule has 1 atom stereocenters. The predicted molar refractivity (Wildman–Crippen MR) is 84.8 cm³/mol. The van der Waals surface area contributed by atoms with Crippen molar-refractivity contribution in [2.45, 2.75) is 32.7 Å². The Hall–Kier alpha value is -0.710. The third-order valence-electron chi connectivity index (χ3n) is 4.00. The van der Waals surface area contributed by atoms with Crippen molar-refractivity contribution in [3.8, 4) is 0 Å². The molecule has 2 heterocycles. The van der Waals surface area contributed by atoms with Crippen molar-refractivity contribution in [3.63, 3.8) is 0 Å². The monoisotopic (exact) mass is 319 g/mol. The van der Waals surface area contributed by atoms with Crippen LogP contribution in [0, 0.1) is 5.41 Å². The number of nitrogens with zero attached hydrogens (tertiary/aromatic N) is 1. The van der Waals surface area contributed by atoms with Crippen molar-refractivity contribution in [2.24, 2.45) is 12.5 Å². The molecule has 0 saturated carbocycles. The molecule has 1 aliphatic rings. The minimum absolute atomic E-state index is 0. The van der Waals surface area contributed by atoms with Gasteiger partial charge in [0, 0.05) is 25.8 Å². The number of halogens is 2. The Morgan fingerprint density at radius 2 is 2.30 bits per heavy atom. The maximum Gasteiger partial charge on any atom is 0.268 e. The van der Waals surface area contributed by atoms with Crippen LogP contribution in [-0.2, 0) is 7.05 Å². The lowest BCUT2D eigenvalue weighted by Crippen LogP contribution is -2.52. The molecule has 6 heteroatoms. The number of piperidine rings is 1. The first kappa shape index (κ1) is 17.3. The summed E-state index contributed by atoms with van der Waals surface area (Å²) in [7, 11) is 1.82. The molecule has 1 fully saturated rings. The third kappa shape index (κ3) is 3.90. The zero-order chi connectivity index (χ0) is 14.0. The number of aromatic nitrogens is 1. The summed E-state index contributed by atoms with van der Waals surface area (Å²) in [4.78, 5) is 12.1. The summed E-state index contributed by atoms with van der Waals surface area (Å²) in [6.45, 7) is 6.17. The van der Waals surface area contributed by atoms with Gasteiger partial charge in [-0.05, 0) is 30.9 Å². The van der Waals surface area contributed by atoms with Crippen molar-refractivity contribution < 1.29 is 4.79 Å². The van der Waals surface area contributed by atoms with Crippen LogP contribution in [0.5, 0.6) is 0 Å². The number of amides is 1. The zero-order valence-electron chi connectivity index (χ0n) is 12.2. The van der Waals surface area contributed by atoms with Gasteiger partial charge < -0.3 is 15.2 Å². The number of nitrogens with one attached hydrogen (secondary N) is 2. The van der Waals surface area contributed by atoms with E-state index in [2.05, 4.69) is 24.5 Å². The summed E-state index contributed by atoms with van der Waals surface area (Å²) < 4.78 is 1.75. The van der Waals surface area contributed by atoms with Crippen molar-refractivity contribution in [3.05, 3.63) is 23.0 Å². The van der Waals surface area contributed by atoms with E-state index in [1.807, 2.05) is 7.05 Å². The summed E-state index contributed by atoms with van der Waals surface area (Å²) in [6.07, 6.45) is 4.13. The lowest BCUT2D eigenvalue weighted by Gasteiger charge is -2.39. The maximum absolute atomic E-state index is 12.1. The van der Waals surface area contributed by atoms with Crippen molar-refractivity contribution in [2.75, 3.05) is 13.1 Å². The number of rotatable bonds is 3. The van der Waals surface area contributed by atoms with Crippen molar-refractivity contribution in [1.82, 2.24) is 15.2 Å². The highest BCUT2D eigenvalue weighted by Crippen LogP contribution is 2.29.